The molecular formula is C30H36S. The Labute approximate surface area is 194 Å². The second kappa shape index (κ2) is 13.7. The van der Waals surface area contributed by atoms with Crippen molar-refractivity contribution in [2.75, 3.05) is 0 Å². The molecule has 0 nitrogen and oxygen atoms in total. The number of thioether (sulfide) groups is 1. The molecular weight excluding hydrogens is 392 g/mol. The molecule has 1 aliphatic rings. The number of rotatable bonds is 7. The smallest absolute Gasteiger partial charge is 0.0232 e. The van der Waals surface area contributed by atoms with Gasteiger partial charge in [-0.3, -0.25) is 0 Å². The van der Waals surface area contributed by atoms with E-state index < -0.39 is 0 Å². The molecule has 1 atom stereocenters. The molecule has 3 rings (SSSR count). The third kappa shape index (κ3) is 8.26. The third-order valence-electron chi connectivity index (χ3n) is 4.92. The van der Waals surface area contributed by atoms with E-state index in [1.165, 1.54) is 33.6 Å². The predicted octanol–water partition coefficient (Wildman–Crippen LogP) is 9.49. The van der Waals surface area contributed by atoms with Crippen LogP contribution in [0.4, 0.5) is 0 Å². The highest BCUT2D eigenvalue weighted by molar-refractivity contribution is 8.03. The Morgan fingerprint density at radius 2 is 1.90 bits per heavy atom. The van der Waals surface area contributed by atoms with Crippen molar-refractivity contribution in [3.8, 4) is 11.1 Å². The van der Waals surface area contributed by atoms with Gasteiger partial charge in [-0.1, -0.05) is 129 Å². The molecule has 31 heavy (non-hydrogen) atoms. The highest BCUT2D eigenvalue weighted by Crippen LogP contribution is 2.38. The molecule has 2 aromatic rings. The van der Waals surface area contributed by atoms with E-state index in [2.05, 4.69) is 111 Å². The summed E-state index contributed by atoms with van der Waals surface area (Å²) >= 11 is 1.78. The SMILES string of the molecule is C=C(C)Sc1c(C/C=C\C=C\C2C=CC=CCC2)cccc1-c1cccc(C)c1.CC. The van der Waals surface area contributed by atoms with Crippen LogP contribution in [0.15, 0.2) is 107 Å². The number of hydrogen-bond acceptors (Lipinski definition) is 1. The Kier molecular flexibility index (Phi) is 11.0. The van der Waals surface area contributed by atoms with E-state index in [1.807, 2.05) is 13.8 Å². The largest absolute Gasteiger partial charge is 0.0945 e. The van der Waals surface area contributed by atoms with Crippen LogP contribution in [0.2, 0.25) is 0 Å². The molecule has 0 aliphatic heterocycles. The van der Waals surface area contributed by atoms with Crippen LogP contribution >= 0.6 is 11.8 Å². The summed E-state index contributed by atoms with van der Waals surface area (Å²) in [7, 11) is 0. The van der Waals surface area contributed by atoms with Gasteiger partial charge >= 0.3 is 0 Å². The van der Waals surface area contributed by atoms with Gasteiger partial charge in [-0.05, 0) is 60.6 Å². The van der Waals surface area contributed by atoms with E-state index in [0.717, 1.165) is 17.7 Å². The average molecular weight is 429 g/mol. The van der Waals surface area contributed by atoms with E-state index in [1.54, 1.807) is 11.8 Å². The molecule has 0 amide bonds. The molecule has 0 heterocycles. The van der Waals surface area contributed by atoms with Crippen molar-refractivity contribution in [3.05, 3.63) is 114 Å². The topological polar surface area (TPSA) is 0 Å². The average Bonchev–Trinajstić information content (AvgIpc) is 3.04. The quantitative estimate of drug-likeness (QED) is 0.312. The Bertz CT molecular complexity index is 956. The van der Waals surface area contributed by atoms with Gasteiger partial charge in [0.05, 0.1) is 0 Å². The van der Waals surface area contributed by atoms with Crippen molar-refractivity contribution in [2.24, 2.45) is 5.92 Å². The van der Waals surface area contributed by atoms with Crippen molar-refractivity contribution in [1.82, 2.24) is 0 Å². The molecule has 0 saturated carbocycles. The molecule has 0 spiro atoms. The number of hydrogen-bond donors (Lipinski definition) is 0. The summed E-state index contributed by atoms with van der Waals surface area (Å²) in [5, 5.41) is 0. The maximum Gasteiger partial charge on any atom is 0.0232 e. The van der Waals surface area contributed by atoms with Crippen LogP contribution < -0.4 is 0 Å². The van der Waals surface area contributed by atoms with E-state index in [0.29, 0.717) is 5.92 Å². The fourth-order valence-corrected chi connectivity index (χ4v) is 4.41. The van der Waals surface area contributed by atoms with Gasteiger partial charge in [-0.2, -0.15) is 0 Å². The van der Waals surface area contributed by atoms with Crippen molar-refractivity contribution in [1.29, 1.82) is 0 Å². The van der Waals surface area contributed by atoms with Gasteiger partial charge in [0.1, 0.15) is 0 Å². The van der Waals surface area contributed by atoms with E-state index in [4.69, 9.17) is 0 Å². The first-order valence-corrected chi connectivity index (χ1v) is 12.1. The number of benzene rings is 2. The summed E-state index contributed by atoms with van der Waals surface area (Å²) in [6, 6.07) is 15.4. The summed E-state index contributed by atoms with van der Waals surface area (Å²) in [6.07, 6.45) is 21.0. The zero-order chi connectivity index (χ0) is 22.5. The van der Waals surface area contributed by atoms with Gasteiger partial charge < -0.3 is 0 Å². The molecule has 0 N–H and O–H groups in total. The van der Waals surface area contributed by atoms with Crippen LogP contribution in [0.5, 0.6) is 0 Å². The predicted molar refractivity (Wildman–Crippen MR) is 142 cm³/mol. The Morgan fingerprint density at radius 3 is 2.68 bits per heavy atom. The van der Waals surface area contributed by atoms with Gasteiger partial charge in [-0.15, -0.1) is 0 Å². The van der Waals surface area contributed by atoms with Crippen LogP contribution in [0.1, 0.15) is 44.7 Å². The molecule has 0 radical (unpaired) electrons. The van der Waals surface area contributed by atoms with Gasteiger partial charge in [0.25, 0.3) is 0 Å². The molecule has 1 unspecified atom stereocenters. The maximum atomic E-state index is 4.14. The fraction of sp³-hybridized carbons (Fsp3) is 0.267. The zero-order valence-electron chi connectivity index (χ0n) is 19.5. The third-order valence-corrected chi connectivity index (χ3v) is 5.95. The van der Waals surface area contributed by atoms with Gasteiger partial charge in [0.2, 0.25) is 0 Å². The second-order valence-corrected chi connectivity index (χ2v) is 8.85. The standard InChI is InChI=1S/C28H30S.C2H6/c1-22(2)29-28-25(17-10-6-9-16-24-14-7-4-5-8-15-24)18-12-20-27(28)26-19-11-13-23(3)21-26;1-2/h4-7,9-14,16,18-21,24H,1,8,15,17H2,2-3H3;1-2H3/b10-6-,16-9+;. The molecule has 1 heteroatoms. The van der Waals surface area contributed by atoms with Crippen molar-refractivity contribution < 1.29 is 0 Å². The first kappa shape index (κ1) is 24.8. The number of allylic oxidation sites excluding steroid dienone is 9. The van der Waals surface area contributed by atoms with Crippen LogP contribution in [-0.2, 0) is 6.42 Å². The lowest BCUT2D eigenvalue weighted by Crippen LogP contribution is -1.91. The number of aryl methyl sites for hydroxylation is 1. The first-order chi connectivity index (χ1) is 15.1. The molecule has 0 saturated heterocycles. The monoisotopic (exact) mass is 428 g/mol. The first-order valence-electron chi connectivity index (χ1n) is 11.3. The van der Waals surface area contributed by atoms with Crippen LogP contribution in [0.3, 0.4) is 0 Å². The maximum absolute atomic E-state index is 4.14. The Morgan fingerprint density at radius 1 is 1.10 bits per heavy atom. The summed E-state index contributed by atoms with van der Waals surface area (Å²) in [5.74, 6) is 0.536. The second-order valence-electron chi connectivity index (χ2n) is 7.54. The van der Waals surface area contributed by atoms with Crippen LogP contribution in [0.25, 0.3) is 11.1 Å². The minimum absolute atomic E-state index is 0.536. The summed E-state index contributed by atoms with van der Waals surface area (Å²) in [4.78, 5) is 2.43. The lowest BCUT2D eigenvalue weighted by Gasteiger charge is -2.14. The Hall–Kier alpha value is -2.51. The van der Waals surface area contributed by atoms with Gasteiger partial charge in [-0.25, -0.2) is 0 Å². The van der Waals surface area contributed by atoms with Crippen molar-refractivity contribution in [2.45, 2.75) is 51.9 Å². The highest BCUT2D eigenvalue weighted by atomic mass is 32.2. The summed E-state index contributed by atoms with van der Waals surface area (Å²) < 4.78 is 0. The van der Waals surface area contributed by atoms with E-state index >= 15 is 0 Å². The lowest BCUT2D eigenvalue weighted by molar-refractivity contribution is 0.727. The highest BCUT2D eigenvalue weighted by Gasteiger charge is 2.11. The van der Waals surface area contributed by atoms with Gasteiger partial charge in [0, 0.05) is 4.90 Å². The Balaban J connectivity index is 0.00000166. The fourth-order valence-electron chi connectivity index (χ4n) is 3.49. The normalized spacial score (nSPS) is 15.7. The molecule has 0 fully saturated rings. The van der Waals surface area contributed by atoms with E-state index in [9.17, 15) is 0 Å². The van der Waals surface area contributed by atoms with Crippen molar-refractivity contribution in [3.63, 3.8) is 0 Å². The molecule has 0 bridgehead atoms. The van der Waals surface area contributed by atoms with Crippen LogP contribution in [-0.4, -0.2) is 0 Å². The summed E-state index contributed by atoms with van der Waals surface area (Å²) in [6.45, 7) is 12.4. The molecule has 1 aliphatic carbocycles. The van der Waals surface area contributed by atoms with Gasteiger partial charge in [0.15, 0.2) is 0 Å². The molecule has 2 aromatic carbocycles. The van der Waals surface area contributed by atoms with E-state index in [-0.39, 0.29) is 0 Å². The minimum Gasteiger partial charge on any atom is -0.0945 e. The zero-order valence-corrected chi connectivity index (χ0v) is 20.3. The molecule has 0 aromatic heterocycles. The molecule has 162 valence electrons. The van der Waals surface area contributed by atoms with Crippen LogP contribution in [0, 0.1) is 12.8 Å². The summed E-state index contributed by atoms with van der Waals surface area (Å²) in [5.41, 5.74) is 5.19. The lowest BCUT2D eigenvalue weighted by atomic mass is 10.00. The minimum atomic E-state index is 0.536. The van der Waals surface area contributed by atoms with Crippen molar-refractivity contribution >= 4 is 11.8 Å².